The number of carbonyl (C=O) groups excluding carboxylic acids is 2. The van der Waals surface area contributed by atoms with E-state index in [1.807, 2.05) is 0 Å². The summed E-state index contributed by atoms with van der Waals surface area (Å²) in [5.74, 6) is -1.27. The van der Waals surface area contributed by atoms with Crippen LogP contribution in [0.25, 0.3) is 5.65 Å². The van der Waals surface area contributed by atoms with E-state index in [1.54, 1.807) is 22.5 Å². The van der Waals surface area contributed by atoms with Gasteiger partial charge in [0.2, 0.25) is 5.91 Å². The molecule has 3 heterocycles. The van der Waals surface area contributed by atoms with E-state index >= 15 is 0 Å². The van der Waals surface area contributed by atoms with Crippen molar-refractivity contribution in [2.45, 2.75) is 50.7 Å². The van der Waals surface area contributed by atoms with Crippen molar-refractivity contribution >= 4 is 56.4 Å². The lowest BCUT2D eigenvalue weighted by Crippen LogP contribution is -2.48. The topological polar surface area (TPSA) is 121 Å². The fourth-order valence-corrected chi connectivity index (χ4v) is 6.60. The summed E-state index contributed by atoms with van der Waals surface area (Å²) in [4.78, 5) is 45.7. The Kier molecular flexibility index (Phi) is 8.51. The predicted octanol–water partition coefficient (Wildman–Crippen LogP) is 5.42. The number of fused-ring (bicyclic) bond motifs is 3. The second-order valence-corrected chi connectivity index (χ2v) is 11.8. The molecule has 2 aromatic heterocycles. The molecule has 2 aliphatic rings. The fourth-order valence-electron chi connectivity index (χ4n) is 6.01. The van der Waals surface area contributed by atoms with Gasteiger partial charge < -0.3 is 19.9 Å². The first-order valence-electron chi connectivity index (χ1n) is 13.6. The Morgan fingerprint density at radius 2 is 1.95 bits per heavy atom. The number of halogens is 5. The molecule has 15 heteroatoms. The van der Waals surface area contributed by atoms with Crippen LogP contribution in [0.1, 0.15) is 43.0 Å². The van der Waals surface area contributed by atoms with Crippen molar-refractivity contribution in [2.75, 3.05) is 18.4 Å². The first kappa shape index (κ1) is 31.5. The summed E-state index contributed by atoms with van der Waals surface area (Å²) in [5.41, 5.74) is -0.395. The third-order valence-electron chi connectivity index (χ3n) is 8.15. The minimum Gasteiger partial charge on any atom is -0.506 e. The van der Waals surface area contributed by atoms with Crippen LogP contribution in [0.3, 0.4) is 0 Å². The highest BCUT2D eigenvalue weighted by molar-refractivity contribution is 9.10. The number of aliphatic hydroxyl groups is 1. The van der Waals surface area contributed by atoms with Crippen molar-refractivity contribution in [1.29, 1.82) is 0 Å². The molecule has 0 radical (unpaired) electrons. The van der Waals surface area contributed by atoms with E-state index in [0.717, 1.165) is 18.2 Å². The Bertz CT molecular complexity index is 1800. The summed E-state index contributed by atoms with van der Waals surface area (Å²) in [6, 6.07) is 4.28. The summed E-state index contributed by atoms with van der Waals surface area (Å²) < 4.78 is 42.5. The molecule has 44 heavy (non-hydrogen) atoms. The van der Waals surface area contributed by atoms with Gasteiger partial charge in [0.15, 0.2) is 5.71 Å². The number of alkyl halides is 3. The van der Waals surface area contributed by atoms with Crippen molar-refractivity contribution in [3.63, 3.8) is 0 Å². The highest BCUT2D eigenvalue weighted by Crippen LogP contribution is 2.45. The quantitative estimate of drug-likeness (QED) is 0.264. The van der Waals surface area contributed by atoms with Crippen LogP contribution in [0, 0.1) is 0 Å². The molecular weight excluding hydrogens is 669 g/mol. The summed E-state index contributed by atoms with van der Waals surface area (Å²) >= 11 is 9.36. The third kappa shape index (κ3) is 5.68. The van der Waals surface area contributed by atoms with E-state index in [-0.39, 0.29) is 34.3 Å². The average Bonchev–Trinajstić information content (AvgIpc) is 3.55. The SMILES string of the molecule is C=CN=C(C(=O)N1CCC2(CCc3c2c(=O)n2nc(Br)cc2n3CC(=O)Nc2ccc(C(F)(F)F)cc2Cl)CC1)/C(O)=C\C. The molecule has 0 atom stereocenters. The summed E-state index contributed by atoms with van der Waals surface area (Å²) in [6.07, 6.45) is -0.0261. The van der Waals surface area contributed by atoms with Crippen molar-refractivity contribution in [3.8, 4) is 0 Å². The van der Waals surface area contributed by atoms with E-state index in [1.165, 1.54) is 16.8 Å². The fraction of sp³-hybridized carbons (Fsp3) is 0.345. The number of hydrogen-bond donors (Lipinski definition) is 2. The van der Waals surface area contributed by atoms with Gasteiger partial charge >= 0.3 is 6.18 Å². The van der Waals surface area contributed by atoms with Crippen LogP contribution >= 0.6 is 27.5 Å². The molecular formula is C29H27BrClF3N6O4. The van der Waals surface area contributed by atoms with Crippen molar-refractivity contribution < 1.29 is 27.9 Å². The lowest BCUT2D eigenvalue weighted by atomic mass is 9.74. The molecule has 1 aliphatic heterocycles. The maximum Gasteiger partial charge on any atom is 0.416 e. The van der Waals surface area contributed by atoms with Crippen LogP contribution in [-0.2, 0) is 34.1 Å². The molecule has 1 fully saturated rings. The Balaban J connectivity index is 1.45. The molecule has 1 spiro atoms. The van der Waals surface area contributed by atoms with Gasteiger partial charge in [-0.1, -0.05) is 18.2 Å². The average molecular weight is 696 g/mol. The van der Waals surface area contributed by atoms with E-state index in [9.17, 15) is 32.7 Å². The molecule has 232 valence electrons. The zero-order valence-electron chi connectivity index (χ0n) is 23.4. The number of piperidine rings is 1. The monoisotopic (exact) mass is 694 g/mol. The second kappa shape index (κ2) is 11.9. The van der Waals surface area contributed by atoms with Crippen LogP contribution in [0.5, 0.6) is 0 Å². The highest BCUT2D eigenvalue weighted by atomic mass is 79.9. The molecule has 0 unspecified atom stereocenters. The normalized spacial score (nSPS) is 16.8. The standard InChI is InChI=1S/C29H27BrClF3N6O4/c1-3-20(41)25(35-4-2)27(44)38-11-9-28(10-12-38)8-7-19-24(28)26(43)40-23(14-21(30)37-40)39(19)15-22(42)36-18-6-5-16(13-17(18)31)29(32,33)34/h3-6,13-14,41H,2,7-12,15H2,1H3,(H,36,42)/b20-3+,35-25?. The number of hydrogen-bond acceptors (Lipinski definition) is 6. The number of nitrogens with zero attached hydrogens (tertiary/aromatic N) is 5. The minimum absolute atomic E-state index is 0.0184. The smallest absolute Gasteiger partial charge is 0.416 e. The molecule has 1 aliphatic carbocycles. The third-order valence-corrected chi connectivity index (χ3v) is 8.85. The zero-order valence-corrected chi connectivity index (χ0v) is 25.8. The van der Waals surface area contributed by atoms with E-state index in [4.69, 9.17) is 11.6 Å². The summed E-state index contributed by atoms with van der Waals surface area (Å²) in [7, 11) is 0. The number of likely N-dealkylation sites (tertiary alicyclic amines) is 1. The van der Waals surface area contributed by atoms with Crippen LogP contribution in [0.2, 0.25) is 5.02 Å². The van der Waals surface area contributed by atoms with Gasteiger partial charge in [0, 0.05) is 42.0 Å². The molecule has 1 aromatic carbocycles. The number of benzene rings is 1. The van der Waals surface area contributed by atoms with Gasteiger partial charge in [-0.15, -0.1) is 0 Å². The van der Waals surface area contributed by atoms with Gasteiger partial charge in [0.05, 0.1) is 16.3 Å². The Morgan fingerprint density at radius 1 is 1.25 bits per heavy atom. The second-order valence-electron chi connectivity index (χ2n) is 10.6. The van der Waals surface area contributed by atoms with Gasteiger partial charge in [-0.05, 0) is 72.8 Å². The van der Waals surface area contributed by atoms with E-state index in [0.29, 0.717) is 60.3 Å². The lowest BCUT2D eigenvalue weighted by Gasteiger charge is -2.39. The van der Waals surface area contributed by atoms with Gasteiger partial charge in [0.1, 0.15) is 22.6 Å². The molecule has 1 saturated heterocycles. The van der Waals surface area contributed by atoms with Crippen LogP contribution in [0.15, 0.2) is 63.3 Å². The first-order chi connectivity index (χ1) is 20.8. The molecule has 3 aromatic rings. The number of aromatic nitrogens is 3. The first-order valence-corrected chi connectivity index (χ1v) is 14.8. The Hall–Kier alpha value is -3.91. The maximum absolute atomic E-state index is 13.8. The summed E-state index contributed by atoms with van der Waals surface area (Å²) in [6.45, 7) is 5.44. The van der Waals surface area contributed by atoms with Crippen molar-refractivity contribution in [2.24, 2.45) is 4.99 Å². The van der Waals surface area contributed by atoms with Gasteiger partial charge in [0.25, 0.3) is 11.5 Å². The minimum atomic E-state index is -4.58. The van der Waals surface area contributed by atoms with Gasteiger partial charge in [-0.25, -0.2) is 4.99 Å². The van der Waals surface area contributed by atoms with Gasteiger partial charge in [-0.3, -0.25) is 14.4 Å². The number of anilines is 1. The number of aliphatic hydroxyl groups excluding tert-OH is 1. The molecule has 2 amide bonds. The van der Waals surface area contributed by atoms with E-state index in [2.05, 4.69) is 37.9 Å². The largest absolute Gasteiger partial charge is 0.506 e. The van der Waals surface area contributed by atoms with Crippen LogP contribution in [0.4, 0.5) is 18.9 Å². The van der Waals surface area contributed by atoms with Crippen LogP contribution < -0.4 is 10.9 Å². The molecule has 0 bridgehead atoms. The number of allylic oxidation sites excluding steroid dienone is 1. The number of amides is 2. The van der Waals surface area contributed by atoms with Crippen molar-refractivity contribution in [3.05, 3.63) is 85.7 Å². The Labute approximate surface area is 262 Å². The molecule has 10 nitrogen and oxygen atoms in total. The Morgan fingerprint density at radius 3 is 2.57 bits per heavy atom. The van der Waals surface area contributed by atoms with Crippen LogP contribution in [-0.4, -0.2) is 54.8 Å². The van der Waals surface area contributed by atoms with Crippen molar-refractivity contribution in [1.82, 2.24) is 19.1 Å². The summed E-state index contributed by atoms with van der Waals surface area (Å²) in [5, 5.41) is 16.8. The predicted molar refractivity (Wildman–Crippen MR) is 162 cm³/mol. The van der Waals surface area contributed by atoms with Gasteiger partial charge in [-0.2, -0.15) is 22.8 Å². The number of aliphatic imine (C=N–C) groups is 1. The molecule has 2 N–H and O–H groups in total. The van der Waals surface area contributed by atoms with E-state index < -0.39 is 29.0 Å². The lowest BCUT2D eigenvalue weighted by molar-refractivity contribution is -0.137. The zero-order chi connectivity index (χ0) is 32.0. The highest BCUT2D eigenvalue weighted by Gasteiger charge is 2.46. The number of rotatable bonds is 6. The number of carbonyl (C=O) groups is 2. The maximum atomic E-state index is 13.8. The molecule has 0 saturated carbocycles. The number of nitrogens with one attached hydrogen (secondary N) is 1. The molecule has 5 rings (SSSR count).